The average Bonchev–Trinajstić information content (AvgIpc) is 2.41. The van der Waals surface area contributed by atoms with Crippen LogP contribution in [0.15, 0.2) is 24.4 Å². The standard InChI is InChI=1S/C12H13F2N5/c1-2-5-15-12-18-11(7-16-19-12)17-8-3-4-9(13)10(14)6-8/h3-4,6-7H,2,5H2,1H3,(H2,15,17,18,19). The maximum Gasteiger partial charge on any atom is 0.244 e. The van der Waals surface area contributed by atoms with Gasteiger partial charge in [0.15, 0.2) is 17.5 Å². The minimum absolute atomic E-state index is 0.384. The van der Waals surface area contributed by atoms with Crippen molar-refractivity contribution >= 4 is 17.5 Å². The van der Waals surface area contributed by atoms with Crippen molar-refractivity contribution in [2.24, 2.45) is 0 Å². The van der Waals surface area contributed by atoms with E-state index in [0.29, 0.717) is 17.5 Å². The summed E-state index contributed by atoms with van der Waals surface area (Å²) in [7, 11) is 0. The lowest BCUT2D eigenvalue weighted by atomic mass is 10.3. The zero-order chi connectivity index (χ0) is 13.7. The molecule has 0 amide bonds. The molecular formula is C12H13F2N5. The summed E-state index contributed by atoms with van der Waals surface area (Å²) in [6, 6.07) is 3.51. The fraction of sp³-hybridized carbons (Fsp3) is 0.250. The predicted molar refractivity (Wildman–Crippen MR) is 68.2 cm³/mol. The molecule has 19 heavy (non-hydrogen) atoms. The summed E-state index contributed by atoms with van der Waals surface area (Å²) in [5.74, 6) is -1.03. The Hall–Kier alpha value is -2.31. The SMILES string of the molecule is CCCNc1nncc(Nc2ccc(F)c(F)c2)n1. The van der Waals surface area contributed by atoms with Crippen LogP contribution in [0.25, 0.3) is 0 Å². The van der Waals surface area contributed by atoms with Gasteiger partial charge in [0.05, 0.1) is 6.20 Å². The fourth-order valence-electron chi connectivity index (χ4n) is 1.40. The number of rotatable bonds is 5. The summed E-state index contributed by atoms with van der Waals surface area (Å²) in [5, 5.41) is 13.4. The number of hydrogen-bond acceptors (Lipinski definition) is 5. The Morgan fingerprint density at radius 1 is 1.21 bits per heavy atom. The summed E-state index contributed by atoms with van der Waals surface area (Å²) in [5.41, 5.74) is 0.390. The number of halogens is 2. The van der Waals surface area contributed by atoms with Crippen LogP contribution in [0.1, 0.15) is 13.3 Å². The van der Waals surface area contributed by atoms with E-state index in [4.69, 9.17) is 0 Å². The average molecular weight is 265 g/mol. The van der Waals surface area contributed by atoms with Gasteiger partial charge in [-0.05, 0) is 18.6 Å². The van der Waals surface area contributed by atoms with E-state index in [9.17, 15) is 8.78 Å². The van der Waals surface area contributed by atoms with Crippen LogP contribution in [0.2, 0.25) is 0 Å². The minimum atomic E-state index is -0.920. The molecule has 0 radical (unpaired) electrons. The van der Waals surface area contributed by atoms with E-state index in [1.807, 2.05) is 6.92 Å². The van der Waals surface area contributed by atoms with Crippen LogP contribution in [0, 0.1) is 11.6 Å². The lowest BCUT2D eigenvalue weighted by Gasteiger charge is -2.07. The number of hydrogen-bond donors (Lipinski definition) is 2. The van der Waals surface area contributed by atoms with Gasteiger partial charge < -0.3 is 10.6 Å². The third kappa shape index (κ3) is 3.57. The number of aromatic nitrogens is 3. The molecule has 2 N–H and O–H groups in total. The molecule has 2 rings (SSSR count). The van der Waals surface area contributed by atoms with Crippen molar-refractivity contribution in [3.8, 4) is 0 Å². The van der Waals surface area contributed by atoms with Crippen LogP contribution >= 0.6 is 0 Å². The first kappa shape index (κ1) is 13.1. The van der Waals surface area contributed by atoms with Crippen LogP contribution in [0.5, 0.6) is 0 Å². The molecule has 0 fully saturated rings. The van der Waals surface area contributed by atoms with Gasteiger partial charge in [-0.15, -0.1) is 5.10 Å². The summed E-state index contributed by atoms with van der Waals surface area (Å²) in [6.07, 6.45) is 2.34. The maximum absolute atomic E-state index is 13.1. The van der Waals surface area contributed by atoms with Gasteiger partial charge in [-0.3, -0.25) is 0 Å². The lowest BCUT2D eigenvalue weighted by molar-refractivity contribution is 0.509. The molecule has 0 saturated carbocycles. The van der Waals surface area contributed by atoms with Gasteiger partial charge in [0.25, 0.3) is 0 Å². The second-order valence-electron chi connectivity index (χ2n) is 3.85. The van der Waals surface area contributed by atoms with Crippen molar-refractivity contribution in [2.45, 2.75) is 13.3 Å². The maximum atomic E-state index is 13.1. The quantitative estimate of drug-likeness (QED) is 0.870. The van der Waals surface area contributed by atoms with Crippen molar-refractivity contribution < 1.29 is 8.78 Å². The number of benzene rings is 1. The van der Waals surface area contributed by atoms with E-state index in [-0.39, 0.29) is 0 Å². The van der Waals surface area contributed by atoms with E-state index in [1.54, 1.807) is 0 Å². The van der Waals surface area contributed by atoms with Crippen LogP contribution in [0.4, 0.5) is 26.2 Å². The summed E-state index contributed by atoms with van der Waals surface area (Å²) in [4.78, 5) is 4.15. The molecule has 0 aliphatic heterocycles. The second-order valence-corrected chi connectivity index (χ2v) is 3.85. The molecule has 0 bridgehead atoms. The second kappa shape index (κ2) is 6.03. The molecule has 1 aromatic carbocycles. The van der Waals surface area contributed by atoms with Gasteiger partial charge in [-0.2, -0.15) is 10.1 Å². The molecule has 1 heterocycles. The zero-order valence-corrected chi connectivity index (χ0v) is 10.3. The van der Waals surface area contributed by atoms with Crippen LogP contribution in [-0.2, 0) is 0 Å². The van der Waals surface area contributed by atoms with Crippen LogP contribution in [0.3, 0.4) is 0 Å². The summed E-state index contributed by atoms with van der Waals surface area (Å²) < 4.78 is 25.8. The smallest absolute Gasteiger partial charge is 0.244 e. The first-order valence-corrected chi connectivity index (χ1v) is 5.84. The highest BCUT2D eigenvalue weighted by atomic mass is 19.2. The molecule has 1 aromatic heterocycles. The zero-order valence-electron chi connectivity index (χ0n) is 10.3. The molecule has 5 nitrogen and oxygen atoms in total. The van der Waals surface area contributed by atoms with Crippen LogP contribution < -0.4 is 10.6 Å². The molecule has 0 saturated heterocycles. The van der Waals surface area contributed by atoms with Crippen molar-refractivity contribution in [1.29, 1.82) is 0 Å². The molecule has 100 valence electrons. The van der Waals surface area contributed by atoms with Gasteiger partial charge in [0, 0.05) is 18.3 Å². The van der Waals surface area contributed by atoms with Gasteiger partial charge in [0.2, 0.25) is 5.95 Å². The van der Waals surface area contributed by atoms with E-state index in [0.717, 1.165) is 25.1 Å². The highest BCUT2D eigenvalue weighted by Gasteiger charge is 2.04. The molecule has 0 aliphatic rings. The number of anilines is 3. The van der Waals surface area contributed by atoms with Gasteiger partial charge >= 0.3 is 0 Å². The molecule has 0 unspecified atom stereocenters. The largest absolute Gasteiger partial charge is 0.353 e. The first-order chi connectivity index (χ1) is 9.19. The summed E-state index contributed by atoms with van der Waals surface area (Å²) in [6.45, 7) is 2.75. The van der Waals surface area contributed by atoms with E-state index >= 15 is 0 Å². The van der Waals surface area contributed by atoms with E-state index in [1.165, 1.54) is 12.3 Å². The van der Waals surface area contributed by atoms with Crippen molar-refractivity contribution in [3.05, 3.63) is 36.0 Å². The molecule has 7 heteroatoms. The Balaban J connectivity index is 2.11. The van der Waals surface area contributed by atoms with Crippen molar-refractivity contribution in [1.82, 2.24) is 15.2 Å². The van der Waals surface area contributed by atoms with Crippen molar-refractivity contribution in [2.75, 3.05) is 17.2 Å². The molecule has 2 aromatic rings. The number of nitrogens with one attached hydrogen (secondary N) is 2. The first-order valence-electron chi connectivity index (χ1n) is 5.84. The molecule has 0 spiro atoms. The molecular weight excluding hydrogens is 252 g/mol. The topological polar surface area (TPSA) is 62.7 Å². The van der Waals surface area contributed by atoms with E-state index < -0.39 is 11.6 Å². The highest BCUT2D eigenvalue weighted by Crippen LogP contribution is 2.17. The Morgan fingerprint density at radius 2 is 2.05 bits per heavy atom. The Labute approximate surface area is 109 Å². The van der Waals surface area contributed by atoms with Crippen LogP contribution in [-0.4, -0.2) is 21.7 Å². The predicted octanol–water partition coefficient (Wildman–Crippen LogP) is 2.72. The van der Waals surface area contributed by atoms with E-state index in [2.05, 4.69) is 25.8 Å². The minimum Gasteiger partial charge on any atom is -0.353 e. The summed E-state index contributed by atoms with van der Waals surface area (Å²) >= 11 is 0. The molecule has 0 aliphatic carbocycles. The highest BCUT2D eigenvalue weighted by molar-refractivity contribution is 5.56. The van der Waals surface area contributed by atoms with Crippen molar-refractivity contribution in [3.63, 3.8) is 0 Å². The molecule has 0 atom stereocenters. The normalized spacial score (nSPS) is 10.3. The Morgan fingerprint density at radius 3 is 2.79 bits per heavy atom. The third-order valence-electron chi connectivity index (χ3n) is 2.28. The Bertz CT molecular complexity index is 562. The fourth-order valence-corrected chi connectivity index (χ4v) is 1.40. The van der Waals surface area contributed by atoms with Gasteiger partial charge in [0.1, 0.15) is 0 Å². The number of nitrogens with zero attached hydrogens (tertiary/aromatic N) is 3. The van der Waals surface area contributed by atoms with Gasteiger partial charge in [-0.1, -0.05) is 6.92 Å². The van der Waals surface area contributed by atoms with Gasteiger partial charge in [-0.25, -0.2) is 8.78 Å². The lowest BCUT2D eigenvalue weighted by Crippen LogP contribution is -2.07. The third-order valence-corrected chi connectivity index (χ3v) is 2.28. The Kier molecular flexibility index (Phi) is 4.17. The monoisotopic (exact) mass is 265 g/mol.